The van der Waals surface area contributed by atoms with Crippen molar-refractivity contribution in [2.75, 3.05) is 0 Å². The Morgan fingerprint density at radius 2 is 1.10 bits per heavy atom. The van der Waals surface area contributed by atoms with Crippen LogP contribution in [0, 0.1) is 0 Å². The van der Waals surface area contributed by atoms with E-state index in [2.05, 4.69) is 136 Å². The minimum absolute atomic E-state index is 0.0141. The van der Waals surface area contributed by atoms with Gasteiger partial charge in [-0.3, -0.25) is 0 Å². The van der Waals surface area contributed by atoms with Crippen molar-refractivity contribution < 1.29 is 0 Å². The summed E-state index contributed by atoms with van der Waals surface area (Å²) in [7, 11) is 0. The first-order valence-corrected chi connectivity index (χ1v) is 15.5. The van der Waals surface area contributed by atoms with E-state index in [1.807, 2.05) is 0 Å². The Morgan fingerprint density at radius 1 is 0.561 bits per heavy atom. The Bertz CT molecular complexity index is 1780. The predicted octanol–water partition coefficient (Wildman–Crippen LogP) is 10.3. The van der Waals surface area contributed by atoms with Gasteiger partial charge in [-0.05, 0) is 107 Å². The zero-order valence-corrected chi connectivity index (χ0v) is 24.5. The summed E-state index contributed by atoms with van der Waals surface area (Å²) in [4.78, 5) is 0. The van der Waals surface area contributed by atoms with Crippen LogP contribution in [0.5, 0.6) is 0 Å². The van der Waals surface area contributed by atoms with Crippen molar-refractivity contribution in [3.05, 3.63) is 165 Å². The molecule has 0 fully saturated rings. The van der Waals surface area contributed by atoms with Gasteiger partial charge in [0.05, 0.1) is 0 Å². The van der Waals surface area contributed by atoms with Gasteiger partial charge in [-0.2, -0.15) is 0 Å². The molecule has 0 bridgehead atoms. The molecular formula is C41H38. The molecule has 0 nitrogen and oxygen atoms in total. The van der Waals surface area contributed by atoms with Crippen LogP contribution in [-0.2, 0) is 16.2 Å². The van der Waals surface area contributed by atoms with Gasteiger partial charge < -0.3 is 0 Å². The van der Waals surface area contributed by atoms with Crippen molar-refractivity contribution >= 4 is 11.1 Å². The molecule has 41 heavy (non-hydrogen) atoms. The molecule has 0 amide bonds. The molecule has 3 atom stereocenters. The van der Waals surface area contributed by atoms with Crippen molar-refractivity contribution in [1.29, 1.82) is 0 Å². The highest BCUT2D eigenvalue weighted by molar-refractivity contribution is 5.86. The third-order valence-corrected chi connectivity index (χ3v) is 11.1. The first-order chi connectivity index (χ1) is 19.9. The average Bonchev–Trinajstić information content (AvgIpc) is 3.45. The summed E-state index contributed by atoms with van der Waals surface area (Å²) in [5.41, 5.74) is 16.0. The molecule has 3 aromatic rings. The molecule has 0 spiro atoms. The average molecular weight is 531 g/mol. The van der Waals surface area contributed by atoms with Crippen LogP contribution < -0.4 is 0 Å². The normalized spacial score (nSPS) is 29.3. The van der Waals surface area contributed by atoms with Crippen molar-refractivity contribution in [1.82, 2.24) is 0 Å². The van der Waals surface area contributed by atoms with Gasteiger partial charge >= 0.3 is 0 Å². The molecule has 202 valence electrons. The van der Waals surface area contributed by atoms with E-state index in [1.54, 1.807) is 11.1 Å². The second-order valence-corrected chi connectivity index (χ2v) is 13.2. The van der Waals surface area contributed by atoms with E-state index in [0.29, 0.717) is 0 Å². The molecule has 0 heteroatoms. The lowest BCUT2D eigenvalue weighted by Gasteiger charge is -2.36. The molecule has 0 N–H and O–H groups in total. The topological polar surface area (TPSA) is 0 Å². The van der Waals surface area contributed by atoms with Crippen LogP contribution in [0.2, 0.25) is 0 Å². The second kappa shape index (κ2) is 8.80. The highest BCUT2D eigenvalue weighted by Crippen LogP contribution is 2.56. The molecule has 8 rings (SSSR count). The van der Waals surface area contributed by atoms with Crippen LogP contribution in [0.1, 0.15) is 86.3 Å². The van der Waals surface area contributed by atoms with E-state index in [4.69, 9.17) is 0 Å². The zero-order valence-electron chi connectivity index (χ0n) is 24.5. The standard InChI is InChI=1S/C41H38/c1-39(26-24-30(25-27-39)41(3)37-18-10-6-14-33(37)34-15-7-11-19-38(34)41)28-20-22-29(23-21-28)40(2)35-16-8-4-12-31(35)32-13-5-9-17-36(32)40/h4,6,8-12,14,16-26H,5,7,13,15,27H2,1-3H3. The van der Waals surface area contributed by atoms with E-state index < -0.39 is 0 Å². The third kappa shape index (κ3) is 3.34. The summed E-state index contributed by atoms with van der Waals surface area (Å²) in [6.07, 6.45) is 22.6. The van der Waals surface area contributed by atoms with E-state index >= 15 is 0 Å². The largest absolute Gasteiger partial charge is 0.0839 e. The van der Waals surface area contributed by atoms with E-state index in [9.17, 15) is 0 Å². The molecule has 0 radical (unpaired) electrons. The third-order valence-electron chi connectivity index (χ3n) is 11.1. The molecular weight excluding hydrogens is 492 g/mol. The van der Waals surface area contributed by atoms with Gasteiger partial charge in [0, 0.05) is 16.2 Å². The van der Waals surface area contributed by atoms with Crippen LogP contribution >= 0.6 is 0 Å². The predicted molar refractivity (Wildman–Crippen MR) is 173 cm³/mol. The van der Waals surface area contributed by atoms with Gasteiger partial charge in [-0.15, -0.1) is 0 Å². The van der Waals surface area contributed by atoms with Crippen LogP contribution in [-0.4, -0.2) is 0 Å². The lowest BCUT2D eigenvalue weighted by molar-refractivity contribution is 0.579. The molecule has 0 aliphatic heterocycles. The number of benzene rings is 3. The van der Waals surface area contributed by atoms with Gasteiger partial charge in [0.1, 0.15) is 0 Å². The molecule has 5 aliphatic rings. The fraction of sp³-hybridized carbons (Fsp3) is 0.268. The number of hydrogen-bond donors (Lipinski definition) is 0. The smallest absolute Gasteiger partial charge is 0.0432 e. The summed E-state index contributed by atoms with van der Waals surface area (Å²) < 4.78 is 0. The second-order valence-electron chi connectivity index (χ2n) is 13.2. The van der Waals surface area contributed by atoms with Crippen molar-refractivity contribution in [3.8, 4) is 0 Å². The maximum absolute atomic E-state index is 2.53. The quantitative estimate of drug-likeness (QED) is 0.316. The molecule has 0 saturated carbocycles. The van der Waals surface area contributed by atoms with Crippen LogP contribution in [0.4, 0.5) is 0 Å². The Balaban J connectivity index is 1.12. The Kier molecular flexibility index (Phi) is 5.33. The lowest BCUT2D eigenvalue weighted by atomic mass is 9.67. The zero-order chi connectivity index (χ0) is 27.8. The Labute approximate surface area is 245 Å². The van der Waals surface area contributed by atoms with Crippen molar-refractivity contribution in [2.24, 2.45) is 0 Å². The minimum atomic E-state index is -0.0961. The van der Waals surface area contributed by atoms with E-state index in [0.717, 1.165) is 32.1 Å². The number of fused-ring (bicyclic) bond motifs is 4. The molecule has 5 aliphatic carbocycles. The molecule has 0 heterocycles. The first kappa shape index (κ1) is 24.9. The van der Waals surface area contributed by atoms with Gasteiger partial charge in [0.25, 0.3) is 0 Å². The maximum Gasteiger partial charge on any atom is 0.0432 e. The van der Waals surface area contributed by atoms with E-state index in [-0.39, 0.29) is 16.2 Å². The van der Waals surface area contributed by atoms with E-state index in [1.165, 1.54) is 50.1 Å². The SMILES string of the molecule is CC1(c2ccc(C3(C)C4=C(CCC=C4)c4ccccc43)cc2)C=CC(C2(C)C3=C(CCC=C3)c3ccccc32)=CC1. The minimum Gasteiger partial charge on any atom is -0.0839 e. The summed E-state index contributed by atoms with van der Waals surface area (Å²) in [6.45, 7) is 7.28. The summed E-state index contributed by atoms with van der Waals surface area (Å²) in [5, 5.41) is 0. The lowest BCUT2D eigenvalue weighted by Crippen LogP contribution is -2.28. The number of rotatable bonds is 3. The van der Waals surface area contributed by atoms with Crippen LogP contribution in [0.25, 0.3) is 11.1 Å². The number of hydrogen-bond acceptors (Lipinski definition) is 0. The fourth-order valence-electron chi connectivity index (χ4n) is 8.60. The van der Waals surface area contributed by atoms with Gasteiger partial charge in [0.15, 0.2) is 0 Å². The van der Waals surface area contributed by atoms with Crippen LogP contribution in [0.3, 0.4) is 0 Å². The molecule has 3 unspecified atom stereocenters. The maximum atomic E-state index is 2.53. The van der Waals surface area contributed by atoms with Crippen molar-refractivity contribution in [2.45, 2.75) is 69.1 Å². The summed E-state index contributed by atoms with van der Waals surface area (Å²) in [6, 6.07) is 27.8. The fourth-order valence-corrected chi connectivity index (χ4v) is 8.60. The van der Waals surface area contributed by atoms with Gasteiger partial charge in [-0.25, -0.2) is 0 Å². The Hall–Kier alpha value is -3.90. The molecule has 0 saturated heterocycles. The molecule has 3 aromatic carbocycles. The van der Waals surface area contributed by atoms with Gasteiger partial charge in [-0.1, -0.05) is 122 Å². The Morgan fingerprint density at radius 3 is 1.68 bits per heavy atom. The van der Waals surface area contributed by atoms with Crippen LogP contribution in [0.15, 0.2) is 132 Å². The number of allylic oxidation sites excluding steroid dienone is 12. The summed E-state index contributed by atoms with van der Waals surface area (Å²) >= 11 is 0. The summed E-state index contributed by atoms with van der Waals surface area (Å²) in [5.74, 6) is 0. The highest BCUT2D eigenvalue weighted by Gasteiger charge is 2.44. The highest BCUT2D eigenvalue weighted by atomic mass is 14.5. The molecule has 0 aromatic heterocycles. The van der Waals surface area contributed by atoms with Crippen molar-refractivity contribution in [3.63, 3.8) is 0 Å². The van der Waals surface area contributed by atoms with Gasteiger partial charge in [0.2, 0.25) is 0 Å². The first-order valence-electron chi connectivity index (χ1n) is 15.5. The monoisotopic (exact) mass is 530 g/mol.